The molecule has 0 unspecified atom stereocenters. The van der Waals surface area contributed by atoms with E-state index in [0.29, 0.717) is 5.92 Å². The van der Waals surface area contributed by atoms with Crippen molar-refractivity contribution in [3.05, 3.63) is 58.6 Å². The zero-order valence-corrected chi connectivity index (χ0v) is 16.7. The predicted octanol–water partition coefficient (Wildman–Crippen LogP) is 5.10. The third-order valence-corrected chi connectivity index (χ3v) is 6.49. The summed E-state index contributed by atoms with van der Waals surface area (Å²) in [5.74, 6) is 2.79. The lowest BCUT2D eigenvalue weighted by molar-refractivity contribution is 0.0698. The molecule has 25 heavy (non-hydrogen) atoms. The van der Waals surface area contributed by atoms with Crippen LogP contribution in [-0.4, -0.2) is 36.8 Å². The summed E-state index contributed by atoms with van der Waals surface area (Å²) in [6, 6.07) is 15.9. The van der Waals surface area contributed by atoms with Gasteiger partial charge in [-0.3, -0.25) is 4.79 Å². The monoisotopic (exact) mass is 419 g/mol. The van der Waals surface area contributed by atoms with E-state index < -0.39 is 0 Å². The number of methoxy groups -OCH3 is 1. The second kappa shape index (κ2) is 8.77. The first kappa shape index (κ1) is 18.3. The van der Waals surface area contributed by atoms with E-state index in [1.54, 1.807) is 7.11 Å². The number of nitrogens with zero attached hydrogens (tertiary/aromatic N) is 1. The zero-order valence-electron chi connectivity index (χ0n) is 14.3. The van der Waals surface area contributed by atoms with Gasteiger partial charge in [0.05, 0.1) is 12.7 Å². The Kier molecular flexibility index (Phi) is 6.43. The van der Waals surface area contributed by atoms with E-state index in [4.69, 9.17) is 4.74 Å². The molecule has 0 spiro atoms. The highest BCUT2D eigenvalue weighted by molar-refractivity contribution is 9.10. The Morgan fingerprint density at radius 2 is 1.84 bits per heavy atom. The SMILES string of the molecule is COc1ccc(SCC2CCN(C(=O)c3ccccc3Br)CC2)cc1. The first-order chi connectivity index (χ1) is 12.2. The van der Waals surface area contributed by atoms with Gasteiger partial charge in [-0.15, -0.1) is 11.8 Å². The summed E-state index contributed by atoms with van der Waals surface area (Å²) >= 11 is 5.36. The molecule has 1 fully saturated rings. The van der Waals surface area contributed by atoms with Crippen molar-refractivity contribution in [1.82, 2.24) is 4.90 Å². The summed E-state index contributed by atoms with van der Waals surface area (Å²) in [6.45, 7) is 1.68. The fourth-order valence-electron chi connectivity index (χ4n) is 2.99. The molecule has 0 aromatic heterocycles. The smallest absolute Gasteiger partial charge is 0.254 e. The highest BCUT2D eigenvalue weighted by Gasteiger charge is 2.24. The van der Waals surface area contributed by atoms with Crippen LogP contribution >= 0.6 is 27.7 Å². The largest absolute Gasteiger partial charge is 0.497 e. The van der Waals surface area contributed by atoms with Gasteiger partial charge in [0.2, 0.25) is 0 Å². The first-order valence-corrected chi connectivity index (χ1v) is 10.3. The molecule has 0 aliphatic carbocycles. The topological polar surface area (TPSA) is 29.5 Å². The second-order valence-corrected chi connectivity index (χ2v) is 8.15. The van der Waals surface area contributed by atoms with Crippen LogP contribution in [0.3, 0.4) is 0 Å². The molecule has 0 radical (unpaired) electrons. The minimum absolute atomic E-state index is 0.133. The molecule has 5 heteroatoms. The van der Waals surface area contributed by atoms with E-state index in [2.05, 4.69) is 28.1 Å². The van der Waals surface area contributed by atoms with E-state index in [9.17, 15) is 4.79 Å². The third kappa shape index (κ3) is 4.79. The van der Waals surface area contributed by atoms with Gasteiger partial charge in [-0.2, -0.15) is 0 Å². The number of carbonyl (C=O) groups excluding carboxylic acids is 1. The summed E-state index contributed by atoms with van der Waals surface area (Å²) in [6.07, 6.45) is 2.14. The van der Waals surface area contributed by atoms with Crippen LogP contribution in [0.2, 0.25) is 0 Å². The third-order valence-electron chi connectivity index (χ3n) is 4.55. The van der Waals surface area contributed by atoms with Gasteiger partial charge in [-0.1, -0.05) is 12.1 Å². The maximum atomic E-state index is 12.6. The molecule has 3 nitrogen and oxygen atoms in total. The van der Waals surface area contributed by atoms with Crippen molar-refractivity contribution >= 4 is 33.6 Å². The molecule has 0 N–H and O–H groups in total. The minimum Gasteiger partial charge on any atom is -0.497 e. The van der Waals surface area contributed by atoms with E-state index in [0.717, 1.165) is 47.5 Å². The Morgan fingerprint density at radius 1 is 1.16 bits per heavy atom. The lowest BCUT2D eigenvalue weighted by Gasteiger charge is -2.32. The quantitative estimate of drug-likeness (QED) is 0.631. The van der Waals surface area contributed by atoms with Gasteiger partial charge in [0.15, 0.2) is 0 Å². The van der Waals surface area contributed by atoms with Crippen LogP contribution in [0, 0.1) is 5.92 Å². The Hall–Kier alpha value is -1.46. The van der Waals surface area contributed by atoms with Gasteiger partial charge in [-0.25, -0.2) is 0 Å². The molecule has 1 saturated heterocycles. The molecule has 1 amide bonds. The number of ether oxygens (including phenoxy) is 1. The van der Waals surface area contributed by atoms with E-state index in [-0.39, 0.29) is 5.91 Å². The van der Waals surface area contributed by atoms with Gasteiger partial charge >= 0.3 is 0 Å². The molecule has 1 heterocycles. The summed E-state index contributed by atoms with van der Waals surface area (Å²) in [4.78, 5) is 15.9. The number of rotatable bonds is 5. The molecule has 0 atom stereocenters. The van der Waals surface area contributed by atoms with Crippen molar-refractivity contribution in [3.63, 3.8) is 0 Å². The highest BCUT2D eigenvalue weighted by Crippen LogP contribution is 2.28. The van der Waals surface area contributed by atoms with E-state index >= 15 is 0 Å². The van der Waals surface area contributed by atoms with Crippen LogP contribution in [0.25, 0.3) is 0 Å². The molecule has 2 aromatic carbocycles. The summed E-state index contributed by atoms with van der Waals surface area (Å²) in [5.41, 5.74) is 0.758. The summed E-state index contributed by atoms with van der Waals surface area (Å²) in [5, 5.41) is 0. The second-order valence-electron chi connectivity index (χ2n) is 6.20. The predicted molar refractivity (Wildman–Crippen MR) is 106 cm³/mol. The van der Waals surface area contributed by atoms with Crippen molar-refractivity contribution in [3.8, 4) is 5.75 Å². The van der Waals surface area contributed by atoms with E-state index in [1.165, 1.54) is 4.90 Å². The van der Waals surface area contributed by atoms with Gasteiger partial charge in [0.25, 0.3) is 5.91 Å². The maximum Gasteiger partial charge on any atom is 0.254 e. The fraction of sp³-hybridized carbons (Fsp3) is 0.350. The van der Waals surface area contributed by atoms with Crippen LogP contribution in [-0.2, 0) is 0 Å². The minimum atomic E-state index is 0.133. The van der Waals surface area contributed by atoms with Crippen LogP contribution in [0.5, 0.6) is 5.75 Å². The average molecular weight is 420 g/mol. The standard InChI is InChI=1S/C20H22BrNO2S/c1-24-16-6-8-17(9-7-16)25-14-15-10-12-22(13-11-15)20(23)18-4-2-3-5-19(18)21/h2-9,15H,10-14H2,1H3. The van der Waals surface area contributed by atoms with Crippen LogP contribution in [0.1, 0.15) is 23.2 Å². The molecule has 0 bridgehead atoms. The summed E-state index contributed by atoms with van der Waals surface area (Å²) in [7, 11) is 1.69. The Labute approximate surface area is 161 Å². The molecule has 132 valence electrons. The Morgan fingerprint density at radius 3 is 2.48 bits per heavy atom. The van der Waals surface area contributed by atoms with E-state index in [1.807, 2.05) is 53.1 Å². The molecule has 2 aromatic rings. The fourth-order valence-corrected chi connectivity index (χ4v) is 4.54. The lowest BCUT2D eigenvalue weighted by atomic mass is 9.98. The number of hydrogen-bond donors (Lipinski definition) is 0. The number of likely N-dealkylation sites (tertiary alicyclic amines) is 1. The van der Waals surface area contributed by atoms with Gasteiger partial charge < -0.3 is 9.64 Å². The average Bonchev–Trinajstić information content (AvgIpc) is 2.67. The normalized spacial score (nSPS) is 15.2. The number of benzene rings is 2. The molecular weight excluding hydrogens is 398 g/mol. The zero-order chi connectivity index (χ0) is 17.6. The highest BCUT2D eigenvalue weighted by atomic mass is 79.9. The number of halogens is 1. The molecule has 1 aliphatic rings. The van der Waals surface area contributed by atoms with Crippen LogP contribution < -0.4 is 4.74 Å². The van der Waals surface area contributed by atoms with Gasteiger partial charge in [0.1, 0.15) is 5.75 Å². The van der Waals surface area contributed by atoms with Crippen molar-refractivity contribution in [2.45, 2.75) is 17.7 Å². The maximum absolute atomic E-state index is 12.6. The first-order valence-electron chi connectivity index (χ1n) is 8.48. The lowest BCUT2D eigenvalue weighted by Crippen LogP contribution is -2.39. The van der Waals surface area contributed by atoms with Crippen LogP contribution in [0.4, 0.5) is 0 Å². The Balaban J connectivity index is 1.48. The molecule has 1 aliphatic heterocycles. The van der Waals surface area contributed by atoms with Crippen molar-refractivity contribution in [2.24, 2.45) is 5.92 Å². The molecule has 0 saturated carbocycles. The molecular formula is C20H22BrNO2S. The number of carbonyl (C=O) groups is 1. The molecule has 3 rings (SSSR count). The number of piperidine rings is 1. The van der Waals surface area contributed by atoms with Gasteiger partial charge in [-0.05, 0) is 71.1 Å². The summed E-state index contributed by atoms with van der Waals surface area (Å²) < 4.78 is 6.07. The number of hydrogen-bond acceptors (Lipinski definition) is 3. The Bertz CT molecular complexity index is 712. The van der Waals surface area contributed by atoms with Crippen molar-refractivity contribution < 1.29 is 9.53 Å². The number of amides is 1. The number of thioether (sulfide) groups is 1. The van der Waals surface area contributed by atoms with Crippen molar-refractivity contribution in [1.29, 1.82) is 0 Å². The van der Waals surface area contributed by atoms with Gasteiger partial charge in [0, 0.05) is 28.2 Å². The van der Waals surface area contributed by atoms with Crippen LogP contribution in [0.15, 0.2) is 57.9 Å². The van der Waals surface area contributed by atoms with Crippen molar-refractivity contribution in [2.75, 3.05) is 26.0 Å².